The van der Waals surface area contributed by atoms with Gasteiger partial charge in [0.05, 0.1) is 41.0 Å². The molecule has 0 atom stereocenters. The van der Waals surface area contributed by atoms with Gasteiger partial charge in [0.2, 0.25) is 5.91 Å². The number of fused-ring (bicyclic) bond motifs is 2. The maximum absolute atomic E-state index is 12.6. The molecular weight excluding hydrogens is 476 g/mol. The molecule has 2 aliphatic rings. The predicted molar refractivity (Wildman–Crippen MR) is 149 cm³/mol. The number of benzene rings is 1. The minimum atomic E-state index is 0.0947. The number of imidazole rings is 1. The summed E-state index contributed by atoms with van der Waals surface area (Å²) in [5.41, 5.74) is 7.26. The van der Waals surface area contributed by atoms with Crippen molar-refractivity contribution in [2.75, 3.05) is 23.3 Å². The first-order valence-corrected chi connectivity index (χ1v) is 13.6. The number of hydrogen-bond donors (Lipinski definition) is 3. The Hall–Kier alpha value is -4.27. The lowest BCUT2D eigenvalue weighted by Gasteiger charge is -2.28. The van der Waals surface area contributed by atoms with Crippen molar-refractivity contribution in [2.24, 2.45) is 5.92 Å². The summed E-state index contributed by atoms with van der Waals surface area (Å²) in [6, 6.07) is 8.15. The second-order valence-electron chi connectivity index (χ2n) is 10.5. The van der Waals surface area contributed by atoms with E-state index in [-0.39, 0.29) is 11.8 Å². The van der Waals surface area contributed by atoms with Gasteiger partial charge in [-0.3, -0.25) is 19.9 Å². The smallest absolute Gasteiger partial charge is 0.227 e. The Labute approximate surface area is 220 Å². The lowest BCUT2D eigenvalue weighted by molar-refractivity contribution is -0.119. The van der Waals surface area contributed by atoms with Gasteiger partial charge in [0, 0.05) is 36.2 Å². The van der Waals surface area contributed by atoms with E-state index in [1.807, 2.05) is 36.8 Å². The number of pyridine rings is 2. The fraction of sp³-hybridized carbons (Fsp3) is 0.345. The van der Waals surface area contributed by atoms with Crippen molar-refractivity contribution in [2.45, 2.75) is 44.9 Å². The minimum Gasteiger partial charge on any atom is -0.368 e. The average Bonchev–Trinajstić information content (AvgIpc) is 3.73. The molecule has 192 valence electrons. The van der Waals surface area contributed by atoms with Crippen molar-refractivity contribution in [1.29, 1.82) is 0 Å². The van der Waals surface area contributed by atoms with E-state index in [2.05, 4.69) is 41.4 Å². The molecule has 1 saturated heterocycles. The Morgan fingerprint density at radius 1 is 0.895 bits per heavy atom. The van der Waals surface area contributed by atoms with Crippen LogP contribution in [-0.4, -0.2) is 49.1 Å². The molecule has 1 aromatic carbocycles. The van der Waals surface area contributed by atoms with Crippen molar-refractivity contribution in [3.05, 3.63) is 49.1 Å². The van der Waals surface area contributed by atoms with E-state index in [9.17, 15) is 4.79 Å². The molecule has 1 aliphatic carbocycles. The molecule has 9 nitrogen and oxygen atoms in total. The van der Waals surface area contributed by atoms with Gasteiger partial charge >= 0.3 is 0 Å². The van der Waals surface area contributed by atoms with Crippen LogP contribution < -0.4 is 10.2 Å². The highest BCUT2D eigenvalue weighted by Gasteiger charge is 2.23. The first kappa shape index (κ1) is 22.9. The van der Waals surface area contributed by atoms with Crippen molar-refractivity contribution >= 4 is 39.2 Å². The summed E-state index contributed by atoms with van der Waals surface area (Å²) < 4.78 is 0. The van der Waals surface area contributed by atoms with E-state index in [0.717, 1.165) is 88.9 Å². The van der Waals surface area contributed by atoms with Gasteiger partial charge in [-0.15, -0.1) is 0 Å². The third kappa shape index (κ3) is 4.17. The number of carbonyl (C=O) groups is 1. The Morgan fingerprint density at radius 3 is 2.61 bits per heavy atom. The topological polar surface area (TPSA) is 115 Å². The molecule has 38 heavy (non-hydrogen) atoms. The number of rotatable bonds is 5. The molecule has 0 bridgehead atoms. The summed E-state index contributed by atoms with van der Waals surface area (Å²) in [6.45, 7) is 2.07. The van der Waals surface area contributed by atoms with Crippen molar-refractivity contribution in [3.63, 3.8) is 0 Å². The molecule has 5 aromatic rings. The molecule has 3 N–H and O–H groups in total. The van der Waals surface area contributed by atoms with E-state index in [0.29, 0.717) is 5.82 Å². The molecular formula is C29H30N8O. The van der Waals surface area contributed by atoms with Gasteiger partial charge in [-0.1, -0.05) is 18.9 Å². The van der Waals surface area contributed by atoms with Crippen LogP contribution in [0.15, 0.2) is 49.1 Å². The molecule has 0 radical (unpaired) electrons. The van der Waals surface area contributed by atoms with E-state index in [4.69, 9.17) is 4.98 Å². The van der Waals surface area contributed by atoms with Gasteiger partial charge in [-0.05, 0) is 55.9 Å². The molecule has 5 heterocycles. The van der Waals surface area contributed by atoms with Gasteiger partial charge in [0.25, 0.3) is 0 Å². The number of carbonyl (C=O) groups excluding carboxylic acids is 1. The number of amides is 1. The first-order valence-electron chi connectivity index (χ1n) is 13.6. The summed E-state index contributed by atoms with van der Waals surface area (Å²) in [5.74, 6) is 0.917. The average molecular weight is 507 g/mol. The van der Waals surface area contributed by atoms with Crippen LogP contribution in [0.3, 0.4) is 0 Å². The maximum Gasteiger partial charge on any atom is 0.227 e. The number of aromatic amines is 2. The molecule has 1 amide bonds. The van der Waals surface area contributed by atoms with Gasteiger partial charge < -0.3 is 15.2 Å². The molecule has 1 aliphatic heterocycles. The van der Waals surface area contributed by atoms with Crippen LogP contribution in [0.4, 0.5) is 11.4 Å². The summed E-state index contributed by atoms with van der Waals surface area (Å²) in [6.07, 6.45) is 15.1. The Balaban J connectivity index is 1.22. The van der Waals surface area contributed by atoms with Gasteiger partial charge in [-0.25, -0.2) is 4.98 Å². The fourth-order valence-corrected chi connectivity index (χ4v) is 5.87. The highest BCUT2D eigenvalue weighted by molar-refractivity contribution is 5.98. The number of piperidine rings is 1. The molecule has 4 aromatic heterocycles. The van der Waals surface area contributed by atoms with Crippen LogP contribution in [-0.2, 0) is 4.79 Å². The molecule has 7 rings (SSSR count). The van der Waals surface area contributed by atoms with Crippen molar-refractivity contribution in [3.8, 4) is 22.6 Å². The fourth-order valence-electron chi connectivity index (χ4n) is 5.87. The molecule has 1 saturated carbocycles. The Kier molecular flexibility index (Phi) is 5.76. The number of hydrogen-bond acceptors (Lipinski definition) is 6. The van der Waals surface area contributed by atoms with Crippen LogP contribution in [0.5, 0.6) is 0 Å². The van der Waals surface area contributed by atoms with Crippen molar-refractivity contribution < 1.29 is 4.79 Å². The normalized spacial score (nSPS) is 16.5. The summed E-state index contributed by atoms with van der Waals surface area (Å²) in [5, 5.41) is 11.8. The van der Waals surface area contributed by atoms with Crippen LogP contribution in [0, 0.1) is 5.92 Å². The van der Waals surface area contributed by atoms with E-state index < -0.39 is 0 Å². The zero-order chi connectivity index (χ0) is 25.5. The third-order valence-electron chi connectivity index (χ3n) is 7.92. The quantitative estimate of drug-likeness (QED) is 0.282. The lowest BCUT2D eigenvalue weighted by atomic mass is 10.0. The monoisotopic (exact) mass is 506 g/mol. The summed E-state index contributed by atoms with van der Waals surface area (Å²) in [7, 11) is 0. The zero-order valence-electron chi connectivity index (χ0n) is 21.2. The molecule has 2 fully saturated rings. The third-order valence-corrected chi connectivity index (χ3v) is 7.92. The van der Waals surface area contributed by atoms with Gasteiger partial charge in [-0.2, -0.15) is 5.10 Å². The number of anilines is 2. The van der Waals surface area contributed by atoms with Crippen LogP contribution in [0.2, 0.25) is 0 Å². The van der Waals surface area contributed by atoms with Crippen LogP contribution in [0.25, 0.3) is 44.6 Å². The van der Waals surface area contributed by atoms with Gasteiger partial charge in [0.1, 0.15) is 11.2 Å². The van der Waals surface area contributed by atoms with E-state index in [1.54, 1.807) is 6.20 Å². The minimum absolute atomic E-state index is 0.0947. The Morgan fingerprint density at radius 2 is 1.74 bits per heavy atom. The largest absolute Gasteiger partial charge is 0.368 e. The summed E-state index contributed by atoms with van der Waals surface area (Å²) in [4.78, 5) is 32.3. The van der Waals surface area contributed by atoms with Crippen molar-refractivity contribution in [1.82, 2.24) is 30.1 Å². The maximum atomic E-state index is 12.6. The lowest BCUT2D eigenvalue weighted by Crippen LogP contribution is -2.29. The number of nitrogens with one attached hydrogen (secondary N) is 3. The zero-order valence-corrected chi connectivity index (χ0v) is 21.2. The molecule has 0 unspecified atom stereocenters. The second-order valence-corrected chi connectivity index (χ2v) is 10.5. The molecule has 0 spiro atoms. The van der Waals surface area contributed by atoms with Gasteiger partial charge in [0.15, 0.2) is 5.82 Å². The second kappa shape index (κ2) is 9.55. The Bertz CT molecular complexity index is 1620. The first-order chi connectivity index (χ1) is 18.7. The van der Waals surface area contributed by atoms with Crippen LogP contribution in [0.1, 0.15) is 44.9 Å². The van der Waals surface area contributed by atoms with E-state index >= 15 is 0 Å². The highest BCUT2D eigenvalue weighted by atomic mass is 16.1. The SMILES string of the molecule is O=C(Nc1cncc(-c2ccc3[nH]nc(-c4nc5c(N6CCCCC6)cncc5[nH]4)c3c2)c1)C1CCCC1. The number of H-pyrrole nitrogens is 2. The summed E-state index contributed by atoms with van der Waals surface area (Å²) >= 11 is 0. The highest BCUT2D eigenvalue weighted by Crippen LogP contribution is 2.33. The predicted octanol–water partition coefficient (Wildman–Crippen LogP) is 5.68. The number of nitrogens with zero attached hydrogens (tertiary/aromatic N) is 5. The standard InChI is InChI=1S/C29H30N8O/c38-29(18-6-2-3-7-18)32-21-12-20(14-30-15-21)19-8-9-23-22(13-19)26(36-35-23)28-33-24-16-31-17-25(27(24)34-28)37-10-4-1-5-11-37/h8-9,12-18H,1-7,10-11H2,(H,32,38)(H,33,34)(H,35,36). The molecule has 9 heteroatoms. The van der Waals surface area contributed by atoms with Crippen LogP contribution >= 0.6 is 0 Å². The van der Waals surface area contributed by atoms with E-state index in [1.165, 1.54) is 19.3 Å². The number of aromatic nitrogens is 6.